The number of aliphatic hydroxyl groups excluding tert-OH is 1. The van der Waals surface area contributed by atoms with E-state index < -0.39 is 17.0 Å². The van der Waals surface area contributed by atoms with Crippen molar-refractivity contribution in [1.82, 2.24) is 9.97 Å². The number of halogens is 2. The van der Waals surface area contributed by atoms with Gasteiger partial charge < -0.3 is 10.1 Å². The first-order valence-corrected chi connectivity index (χ1v) is 15.1. The van der Waals surface area contributed by atoms with Gasteiger partial charge in [0, 0.05) is 58.8 Å². The number of aromatic nitrogens is 2. The van der Waals surface area contributed by atoms with E-state index in [1.54, 1.807) is 18.0 Å². The molecule has 0 saturated heterocycles. The average Bonchev–Trinajstić information content (AvgIpc) is 2.96. The van der Waals surface area contributed by atoms with Crippen molar-refractivity contribution < 1.29 is 38.8 Å². The maximum absolute atomic E-state index is 14.1. The van der Waals surface area contributed by atoms with Gasteiger partial charge in [-0.05, 0) is 62.1 Å². The third kappa shape index (κ3) is 6.11. The number of hydrogen-bond acceptors (Lipinski definition) is 5. The second-order valence-electron chi connectivity index (χ2n) is 13.0. The fourth-order valence-corrected chi connectivity index (χ4v) is 6.15. The zero-order valence-electron chi connectivity index (χ0n) is 25.7. The summed E-state index contributed by atoms with van der Waals surface area (Å²) in [6, 6.07) is 21.8. The van der Waals surface area contributed by atoms with E-state index in [-0.39, 0.29) is 37.1 Å². The summed E-state index contributed by atoms with van der Waals surface area (Å²) in [4.78, 5) is 22.0. The molecule has 6 aromatic rings. The van der Waals surface area contributed by atoms with Crippen LogP contribution in [0.25, 0.3) is 54.5 Å². The van der Waals surface area contributed by atoms with Crippen LogP contribution in [0.1, 0.15) is 41.5 Å². The fraction of sp³-hybridized carbons (Fsp3) is 0.216. The Hall–Kier alpha value is -3.71. The summed E-state index contributed by atoms with van der Waals surface area (Å²) in [6.45, 7) is 11.1. The summed E-state index contributed by atoms with van der Waals surface area (Å²) in [7, 11) is 0. The average molecular weight is 798 g/mol. The van der Waals surface area contributed by atoms with E-state index in [9.17, 15) is 18.7 Å². The standard InChI is InChI=1S/C26H11F2N2S.C11H20O2.Ir/c27-20-10-13-5-6-15-16-7-8-29-25-19-9-14-3-1-2-4-22(14)30-26(19)31-23(24(16)25)12-18(15)17(13)11-21(20)28;1-10(2,3)8(12)7-9(13)11(4,5)6;/h1-8,10-12H;7,12H,1-6H3;/q-1;;/b;8-7-;. The topological polar surface area (TPSA) is 63.1 Å². The van der Waals surface area contributed by atoms with Gasteiger partial charge in [-0.2, -0.15) is 0 Å². The van der Waals surface area contributed by atoms with E-state index >= 15 is 0 Å². The molecule has 0 unspecified atom stereocenters. The smallest absolute Gasteiger partial charge is 0.164 e. The van der Waals surface area contributed by atoms with Crippen molar-refractivity contribution >= 4 is 60.8 Å². The minimum Gasteiger partial charge on any atom is -0.512 e. The summed E-state index contributed by atoms with van der Waals surface area (Å²) in [5.74, 6) is -1.58. The summed E-state index contributed by atoms with van der Waals surface area (Å²) >= 11 is 1.57. The molecule has 1 radical (unpaired) electrons. The maximum Gasteiger partial charge on any atom is 0.164 e. The van der Waals surface area contributed by atoms with Gasteiger partial charge in [-0.25, -0.2) is 8.78 Å². The molecule has 2 aromatic heterocycles. The van der Waals surface area contributed by atoms with Crippen LogP contribution in [0.4, 0.5) is 8.78 Å². The van der Waals surface area contributed by atoms with Gasteiger partial charge in [0.1, 0.15) is 5.76 Å². The molecule has 4 nitrogen and oxygen atoms in total. The Morgan fingerprint density at radius 1 is 0.867 bits per heavy atom. The quantitative estimate of drug-likeness (QED) is 0.0776. The molecule has 8 heteroatoms. The summed E-state index contributed by atoms with van der Waals surface area (Å²) in [5, 5.41) is 16.7. The molecule has 45 heavy (non-hydrogen) atoms. The van der Waals surface area contributed by atoms with Crippen LogP contribution in [-0.2, 0) is 24.9 Å². The van der Waals surface area contributed by atoms with E-state index in [0.717, 1.165) is 53.6 Å². The molecule has 0 atom stereocenters. The van der Waals surface area contributed by atoms with Crippen molar-refractivity contribution in [2.45, 2.75) is 51.5 Å². The Labute approximate surface area is 278 Å². The van der Waals surface area contributed by atoms with Gasteiger partial charge in [0.05, 0.1) is 0 Å². The molecule has 1 N–H and O–H groups in total. The van der Waals surface area contributed by atoms with Crippen LogP contribution in [0, 0.1) is 28.5 Å². The minimum absolute atomic E-state index is 0. The summed E-state index contributed by atoms with van der Waals surface area (Å²) in [6.07, 6.45) is 3.12. The van der Waals surface area contributed by atoms with E-state index in [1.165, 1.54) is 18.2 Å². The van der Waals surface area contributed by atoms with Gasteiger partial charge in [0.25, 0.3) is 0 Å². The van der Waals surface area contributed by atoms with Crippen molar-refractivity contribution in [2.75, 3.05) is 0 Å². The molecule has 1 aliphatic rings. The number of para-hydroxylation sites is 1. The number of carbonyl (C=O) groups is 1. The van der Waals surface area contributed by atoms with Crippen molar-refractivity contribution in [1.29, 1.82) is 0 Å². The molecule has 4 aromatic carbocycles. The van der Waals surface area contributed by atoms with Crippen molar-refractivity contribution in [2.24, 2.45) is 10.8 Å². The number of pyridine rings is 2. The normalized spacial score (nSPS) is 12.9. The molecule has 0 fully saturated rings. The van der Waals surface area contributed by atoms with Crippen LogP contribution in [0.3, 0.4) is 0 Å². The first-order chi connectivity index (χ1) is 20.7. The van der Waals surface area contributed by atoms with Crippen molar-refractivity contribution in [3.05, 3.63) is 96.4 Å². The number of allylic oxidation sites excluding steroid dienone is 2. The van der Waals surface area contributed by atoms with Gasteiger partial charge in [0.2, 0.25) is 0 Å². The Morgan fingerprint density at radius 3 is 2.29 bits per heavy atom. The Kier molecular flexibility index (Phi) is 8.64. The number of fused-ring (bicyclic) bond motifs is 7. The van der Waals surface area contributed by atoms with E-state index in [4.69, 9.17) is 4.98 Å². The molecule has 0 spiro atoms. The third-order valence-electron chi connectivity index (χ3n) is 7.68. The number of rotatable bonds is 1. The zero-order valence-corrected chi connectivity index (χ0v) is 28.9. The van der Waals surface area contributed by atoms with Crippen LogP contribution in [-0.4, -0.2) is 20.9 Å². The third-order valence-corrected chi connectivity index (χ3v) is 8.71. The fourth-order valence-electron chi connectivity index (χ4n) is 5.07. The van der Waals surface area contributed by atoms with Crippen molar-refractivity contribution in [3.63, 3.8) is 0 Å². The van der Waals surface area contributed by atoms with Crippen LogP contribution < -0.4 is 0 Å². The first kappa shape index (κ1) is 32.7. The number of hydrogen-bond donors (Lipinski definition) is 1. The number of ketones is 1. The second-order valence-corrected chi connectivity index (χ2v) is 14.1. The molecule has 7 rings (SSSR count). The van der Waals surface area contributed by atoms with Crippen molar-refractivity contribution in [3.8, 4) is 11.3 Å². The molecule has 231 valence electrons. The first-order valence-electron chi connectivity index (χ1n) is 14.3. The number of nitrogens with zero attached hydrogens (tertiary/aromatic N) is 2. The SMILES string of the molecule is CC(C)(C)C(=O)/C=C(\O)C(C)(C)C.Fc1cc2ccc3c4ccnc5c4c(cc3c2cc1F)Sc1nc2ccccc2[c-]c1-5.[Ir]. The largest absolute Gasteiger partial charge is 0.512 e. The molecule has 0 amide bonds. The van der Waals surface area contributed by atoms with Gasteiger partial charge >= 0.3 is 0 Å². The van der Waals surface area contributed by atoms with Gasteiger partial charge in [-0.15, -0.1) is 23.9 Å². The summed E-state index contributed by atoms with van der Waals surface area (Å²) < 4.78 is 27.9. The molecule has 0 bridgehead atoms. The minimum atomic E-state index is -0.843. The monoisotopic (exact) mass is 798 g/mol. The Bertz CT molecular complexity index is 2180. The van der Waals surface area contributed by atoms with Gasteiger partial charge in [0.15, 0.2) is 17.4 Å². The molecule has 0 saturated carbocycles. The molecule has 1 aliphatic heterocycles. The maximum atomic E-state index is 14.1. The Balaban J connectivity index is 0.000000246. The molecular weight excluding hydrogens is 767 g/mol. The van der Waals surface area contributed by atoms with E-state index in [0.29, 0.717) is 10.8 Å². The van der Waals surface area contributed by atoms with Gasteiger partial charge in [-0.1, -0.05) is 82.8 Å². The van der Waals surface area contributed by atoms with Crippen LogP contribution in [0.15, 0.2) is 88.6 Å². The molecular formula is C37H31F2IrN2O2S-. The van der Waals surface area contributed by atoms with Crippen LogP contribution in [0.2, 0.25) is 0 Å². The predicted octanol–water partition coefficient (Wildman–Crippen LogP) is 10.4. The molecule has 3 heterocycles. The van der Waals surface area contributed by atoms with E-state index in [2.05, 4.69) is 11.1 Å². The molecule has 0 aliphatic carbocycles. The Morgan fingerprint density at radius 2 is 1.58 bits per heavy atom. The van der Waals surface area contributed by atoms with Crippen LogP contribution >= 0.6 is 11.8 Å². The van der Waals surface area contributed by atoms with E-state index in [1.807, 2.05) is 90.1 Å². The number of benzene rings is 4. The number of carbonyl (C=O) groups excluding carboxylic acids is 1. The second kappa shape index (κ2) is 11.9. The zero-order chi connectivity index (χ0) is 31.6. The van der Waals surface area contributed by atoms with Crippen LogP contribution in [0.5, 0.6) is 0 Å². The predicted molar refractivity (Wildman–Crippen MR) is 175 cm³/mol. The summed E-state index contributed by atoms with van der Waals surface area (Å²) in [5.41, 5.74) is 1.87. The van der Waals surface area contributed by atoms with Gasteiger partial charge in [-0.3, -0.25) is 9.78 Å². The number of aliphatic hydroxyl groups is 1.